The number of hydrogen-bond donors (Lipinski definition) is 2. The van der Waals surface area contributed by atoms with Crippen LogP contribution in [0, 0.1) is 0 Å². The molecule has 1 unspecified atom stereocenters. The van der Waals surface area contributed by atoms with E-state index in [2.05, 4.69) is 15.0 Å². The van der Waals surface area contributed by atoms with Crippen LogP contribution in [0.15, 0.2) is 12.7 Å². The van der Waals surface area contributed by atoms with Gasteiger partial charge in [-0.15, -0.1) is 0 Å². The van der Waals surface area contributed by atoms with Gasteiger partial charge in [-0.05, 0) is 0 Å². The highest BCUT2D eigenvalue weighted by Crippen LogP contribution is 2.15. The monoisotopic (exact) mass is 192 g/mol. The molecule has 74 valence electrons. The second-order valence-electron chi connectivity index (χ2n) is 3.13. The number of aryl methyl sites for hydroxylation is 1. The minimum atomic E-state index is -0.282. The van der Waals surface area contributed by atoms with Crippen LogP contribution >= 0.6 is 0 Å². The van der Waals surface area contributed by atoms with Crippen molar-refractivity contribution in [1.29, 1.82) is 0 Å². The summed E-state index contributed by atoms with van der Waals surface area (Å²) in [5.74, 6) is 0. The predicted molar refractivity (Wildman–Crippen MR) is 52.3 cm³/mol. The van der Waals surface area contributed by atoms with Gasteiger partial charge in [0, 0.05) is 13.6 Å². The summed E-state index contributed by atoms with van der Waals surface area (Å²) >= 11 is 0. The van der Waals surface area contributed by atoms with E-state index in [-0.39, 0.29) is 6.04 Å². The molecule has 6 nitrogen and oxygen atoms in total. The van der Waals surface area contributed by atoms with Gasteiger partial charge in [0.25, 0.3) is 0 Å². The number of aromatic nitrogens is 4. The number of fused-ring (bicyclic) bond motifs is 1. The average Bonchev–Trinajstić information content (AvgIpc) is 2.59. The topological polar surface area (TPSA) is 95.6 Å². The Labute approximate surface area is 81.0 Å². The molecule has 6 heteroatoms. The summed E-state index contributed by atoms with van der Waals surface area (Å²) in [4.78, 5) is 12.4. The summed E-state index contributed by atoms with van der Waals surface area (Å²) < 4.78 is 1.82. The van der Waals surface area contributed by atoms with Crippen molar-refractivity contribution < 1.29 is 0 Å². The van der Waals surface area contributed by atoms with Crippen LogP contribution in [0.3, 0.4) is 0 Å². The van der Waals surface area contributed by atoms with Crippen LogP contribution in [0.2, 0.25) is 0 Å². The second-order valence-corrected chi connectivity index (χ2v) is 3.13. The molecule has 0 amide bonds. The van der Waals surface area contributed by atoms with Crippen molar-refractivity contribution in [3.63, 3.8) is 0 Å². The van der Waals surface area contributed by atoms with Crippen LogP contribution in [-0.4, -0.2) is 26.1 Å². The molecule has 0 fully saturated rings. The quantitative estimate of drug-likeness (QED) is 0.657. The van der Waals surface area contributed by atoms with Crippen molar-refractivity contribution in [3.8, 4) is 0 Å². The van der Waals surface area contributed by atoms with E-state index in [0.29, 0.717) is 12.2 Å². The van der Waals surface area contributed by atoms with Gasteiger partial charge in [-0.2, -0.15) is 0 Å². The van der Waals surface area contributed by atoms with Crippen molar-refractivity contribution in [2.45, 2.75) is 6.04 Å². The van der Waals surface area contributed by atoms with Gasteiger partial charge >= 0.3 is 0 Å². The van der Waals surface area contributed by atoms with Gasteiger partial charge in [-0.1, -0.05) is 0 Å². The van der Waals surface area contributed by atoms with E-state index in [1.807, 2.05) is 11.6 Å². The molecule has 1 atom stereocenters. The number of nitrogens with two attached hydrogens (primary N) is 2. The third-order valence-corrected chi connectivity index (χ3v) is 2.13. The summed E-state index contributed by atoms with van der Waals surface area (Å²) in [6.45, 7) is 0.350. The summed E-state index contributed by atoms with van der Waals surface area (Å²) in [6, 6.07) is -0.282. The second kappa shape index (κ2) is 3.32. The van der Waals surface area contributed by atoms with E-state index < -0.39 is 0 Å². The molecule has 2 rings (SSSR count). The zero-order chi connectivity index (χ0) is 10.1. The highest BCUT2D eigenvalue weighted by atomic mass is 15.1. The smallest absolute Gasteiger partial charge is 0.163 e. The van der Waals surface area contributed by atoms with E-state index in [0.717, 1.165) is 11.2 Å². The average molecular weight is 192 g/mol. The van der Waals surface area contributed by atoms with Crippen LogP contribution in [0.25, 0.3) is 11.2 Å². The molecule has 0 radical (unpaired) electrons. The molecule has 0 aliphatic rings. The first-order valence-corrected chi connectivity index (χ1v) is 4.31. The molecule has 4 N–H and O–H groups in total. The Hall–Kier alpha value is -1.53. The van der Waals surface area contributed by atoms with Crippen molar-refractivity contribution >= 4 is 11.2 Å². The van der Waals surface area contributed by atoms with Gasteiger partial charge in [-0.25, -0.2) is 15.0 Å². The minimum absolute atomic E-state index is 0.282. The lowest BCUT2D eigenvalue weighted by molar-refractivity contribution is 0.714. The first-order valence-electron chi connectivity index (χ1n) is 4.31. The van der Waals surface area contributed by atoms with Gasteiger partial charge in [0.2, 0.25) is 0 Å². The Balaban J connectivity index is 2.65. The summed E-state index contributed by atoms with van der Waals surface area (Å²) in [5, 5.41) is 0. The maximum atomic E-state index is 5.81. The van der Waals surface area contributed by atoms with Gasteiger partial charge < -0.3 is 16.0 Å². The first kappa shape index (κ1) is 9.04. The lowest BCUT2D eigenvalue weighted by Gasteiger charge is -2.07. The molecule has 2 heterocycles. The van der Waals surface area contributed by atoms with E-state index in [1.165, 1.54) is 6.33 Å². The van der Waals surface area contributed by atoms with E-state index >= 15 is 0 Å². The summed E-state index contributed by atoms with van der Waals surface area (Å²) in [6.07, 6.45) is 3.17. The standard InChI is InChI=1S/C8H12N6/c1-14-4-13-7-6(5(10)2-9)11-3-12-8(7)14/h3-5H,2,9-10H2,1H3. The van der Waals surface area contributed by atoms with Crippen molar-refractivity contribution in [1.82, 2.24) is 19.5 Å². The Morgan fingerprint density at radius 3 is 2.93 bits per heavy atom. The third kappa shape index (κ3) is 1.24. The third-order valence-electron chi connectivity index (χ3n) is 2.13. The SMILES string of the molecule is Cn1cnc2c(C(N)CN)ncnc21. The molecule has 0 saturated heterocycles. The number of rotatable bonds is 2. The number of hydrogen-bond acceptors (Lipinski definition) is 5. The Morgan fingerprint density at radius 2 is 2.21 bits per heavy atom. The Kier molecular flexibility index (Phi) is 2.14. The van der Waals surface area contributed by atoms with Gasteiger partial charge in [-0.3, -0.25) is 0 Å². The maximum Gasteiger partial charge on any atom is 0.163 e. The van der Waals surface area contributed by atoms with E-state index in [1.54, 1.807) is 6.33 Å². The molecule has 0 aliphatic heterocycles. The molecule has 2 aromatic rings. The molecule has 0 aromatic carbocycles. The van der Waals surface area contributed by atoms with Gasteiger partial charge in [0.05, 0.1) is 18.1 Å². The zero-order valence-corrected chi connectivity index (χ0v) is 7.88. The van der Waals surface area contributed by atoms with Crippen LogP contribution < -0.4 is 11.5 Å². The molecule has 0 spiro atoms. The molecule has 0 saturated carbocycles. The van der Waals surface area contributed by atoms with E-state index in [4.69, 9.17) is 11.5 Å². The lowest BCUT2D eigenvalue weighted by atomic mass is 10.2. The van der Waals surface area contributed by atoms with Gasteiger partial charge in [0.15, 0.2) is 5.65 Å². The minimum Gasteiger partial charge on any atom is -0.329 e. The molecule has 0 aliphatic carbocycles. The fraction of sp³-hybridized carbons (Fsp3) is 0.375. The van der Waals surface area contributed by atoms with Crippen LogP contribution in [0.1, 0.15) is 11.7 Å². The first-order chi connectivity index (χ1) is 6.74. The van der Waals surface area contributed by atoms with Crippen LogP contribution in [-0.2, 0) is 7.05 Å². The van der Waals surface area contributed by atoms with Crippen LogP contribution in [0.4, 0.5) is 0 Å². The van der Waals surface area contributed by atoms with Gasteiger partial charge in [0.1, 0.15) is 11.8 Å². The molecule has 14 heavy (non-hydrogen) atoms. The molecular weight excluding hydrogens is 180 g/mol. The highest BCUT2D eigenvalue weighted by molar-refractivity contribution is 5.73. The maximum absolute atomic E-state index is 5.81. The normalized spacial score (nSPS) is 13.4. The van der Waals surface area contributed by atoms with E-state index in [9.17, 15) is 0 Å². The largest absolute Gasteiger partial charge is 0.329 e. The molecule has 0 bridgehead atoms. The Morgan fingerprint density at radius 1 is 1.43 bits per heavy atom. The predicted octanol–water partition coefficient (Wildman–Crippen LogP) is -0.678. The molecular formula is C8H12N6. The summed E-state index contributed by atoms with van der Waals surface area (Å²) in [5.41, 5.74) is 13.5. The van der Waals surface area contributed by atoms with Crippen molar-refractivity contribution in [2.24, 2.45) is 18.5 Å². The lowest BCUT2D eigenvalue weighted by Crippen LogP contribution is -2.22. The van der Waals surface area contributed by atoms with Crippen molar-refractivity contribution in [2.75, 3.05) is 6.54 Å². The number of nitrogens with zero attached hydrogens (tertiary/aromatic N) is 4. The number of imidazole rings is 1. The van der Waals surface area contributed by atoms with Crippen LogP contribution in [0.5, 0.6) is 0 Å². The zero-order valence-electron chi connectivity index (χ0n) is 7.88. The fourth-order valence-electron chi connectivity index (χ4n) is 1.35. The highest BCUT2D eigenvalue weighted by Gasteiger charge is 2.13. The summed E-state index contributed by atoms with van der Waals surface area (Å²) in [7, 11) is 1.88. The van der Waals surface area contributed by atoms with Crippen molar-refractivity contribution in [3.05, 3.63) is 18.3 Å². The fourth-order valence-corrected chi connectivity index (χ4v) is 1.35. The Bertz CT molecular complexity index is 448. The molecule has 2 aromatic heterocycles.